The van der Waals surface area contributed by atoms with Crippen molar-refractivity contribution in [1.82, 2.24) is 14.5 Å². The standard InChI is InChI=1S/C21H19N3O/c1-14-6-5-9-20(23-14)17-8-4-3-7-16(17)15-10-11-19-18(12-15)21(25)24(2)13-22-19/h3-11,13,15H,12H2,1-2H3. The topological polar surface area (TPSA) is 47.8 Å². The Morgan fingerprint density at radius 1 is 1.12 bits per heavy atom. The van der Waals surface area contributed by atoms with Crippen LogP contribution in [-0.2, 0) is 13.5 Å². The van der Waals surface area contributed by atoms with Gasteiger partial charge < -0.3 is 4.57 Å². The summed E-state index contributed by atoms with van der Waals surface area (Å²) in [4.78, 5) is 21.5. The molecule has 1 unspecified atom stereocenters. The maximum atomic E-state index is 12.5. The molecule has 4 nitrogen and oxygen atoms in total. The van der Waals surface area contributed by atoms with Crippen LogP contribution in [0.5, 0.6) is 0 Å². The van der Waals surface area contributed by atoms with Gasteiger partial charge in [-0.25, -0.2) is 4.98 Å². The molecule has 0 spiro atoms. The first-order chi connectivity index (χ1) is 12.1. The number of hydrogen-bond acceptors (Lipinski definition) is 3. The highest BCUT2D eigenvalue weighted by molar-refractivity contribution is 5.67. The molecule has 0 N–H and O–H groups in total. The largest absolute Gasteiger partial charge is 0.302 e. The summed E-state index contributed by atoms with van der Waals surface area (Å²) in [6.45, 7) is 2.00. The van der Waals surface area contributed by atoms with Crippen molar-refractivity contribution in [3.05, 3.63) is 87.7 Å². The highest BCUT2D eigenvalue weighted by atomic mass is 16.1. The fourth-order valence-corrected chi connectivity index (χ4v) is 3.39. The van der Waals surface area contributed by atoms with E-state index in [1.165, 1.54) is 5.56 Å². The molecule has 1 aliphatic carbocycles. The molecule has 0 radical (unpaired) electrons. The molecule has 2 aromatic heterocycles. The smallest absolute Gasteiger partial charge is 0.256 e. The fourth-order valence-electron chi connectivity index (χ4n) is 3.39. The van der Waals surface area contributed by atoms with Crippen molar-refractivity contribution in [3.8, 4) is 11.3 Å². The first-order valence-electron chi connectivity index (χ1n) is 8.39. The van der Waals surface area contributed by atoms with Gasteiger partial charge in [0.25, 0.3) is 5.56 Å². The summed E-state index contributed by atoms with van der Waals surface area (Å²) in [5, 5.41) is 0. The lowest BCUT2D eigenvalue weighted by Gasteiger charge is -2.21. The Kier molecular flexibility index (Phi) is 3.80. The molecular weight excluding hydrogens is 310 g/mol. The van der Waals surface area contributed by atoms with E-state index in [0.717, 1.165) is 28.2 Å². The minimum atomic E-state index is 0.0329. The molecule has 2 heterocycles. The quantitative estimate of drug-likeness (QED) is 0.723. The second-order valence-electron chi connectivity index (χ2n) is 6.45. The second kappa shape index (κ2) is 6.13. The molecule has 1 atom stereocenters. The van der Waals surface area contributed by atoms with Gasteiger partial charge in [0, 0.05) is 29.8 Å². The van der Waals surface area contributed by atoms with E-state index in [1.807, 2.05) is 43.3 Å². The molecule has 0 saturated carbocycles. The van der Waals surface area contributed by atoms with Gasteiger partial charge in [-0.2, -0.15) is 0 Å². The lowest BCUT2D eigenvalue weighted by Crippen LogP contribution is -2.26. The van der Waals surface area contributed by atoms with Crippen molar-refractivity contribution in [2.75, 3.05) is 0 Å². The van der Waals surface area contributed by atoms with Gasteiger partial charge in [-0.3, -0.25) is 9.78 Å². The highest BCUT2D eigenvalue weighted by Gasteiger charge is 2.22. The van der Waals surface area contributed by atoms with Gasteiger partial charge in [0.05, 0.1) is 17.7 Å². The molecule has 3 aromatic rings. The first-order valence-corrected chi connectivity index (χ1v) is 8.39. The molecular formula is C21H19N3O. The van der Waals surface area contributed by atoms with E-state index in [0.29, 0.717) is 6.42 Å². The number of nitrogens with zero attached hydrogens (tertiary/aromatic N) is 3. The third-order valence-corrected chi connectivity index (χ3v) is 4.69. The van der Waals surface area contributed by atoms with Crippen LogP contribution in [0.4, 0.5) is 0 Å². The van der Waals surface area contributed by atoms with E-state index in [-0.39, 0.29) is 11.5 Å². The van der Waals surface area contributed by atoms with Gasteiger partial charge in [0.2, 0.25) is 0 Å². The second-order valence-corrected chi connectivity index (χ2v) is 6.45. The van der Waals surface area contributed by atoms with Gasteiger partial charge in [-0.15, -0.1) is 0 Å². The zero-order chi connectivity index (χ0) is 17.4. The SMILES string of the molecule is Cc1cccc(-c2ccccc2C2C=Cc3ncn(C)c(=O)c3C2)n1. The molecule has 0 bridgehead atoms. The summed E-state index contributed by atoms with van der Waals surface area (Å²) in [7, 11) is 1.74. The zero-order valence-corrected chi connectivity index (χ0v) is 14.3. The summed E-state index contributed by atoms with van der Waals surface area (Å²) in [6.07, 6.45) is 6.35. The lowest BCUT2D eigenvalue weighted by molar-refractivity contribution is 0.746. The van der Waals surface area contributed by atoms with Crippen LogP contribution in [0.3, 0.4) is 0 Å². The van der Waals surface area contributed by atoms with Crippen LogP contribution in [0.15, 0.2) is 59.7 Å². The van der Waals surface area contributed by atoms with Crippen molar-refractivity contribution in [3.63, 3.8) is 0 Å². The van der Waals surface area contributed by atoms with Crippen molar-refractivity contribution >= 4 is 6.08 Å². The third-order valence-electron chi connectivity index (χ3n) is 4.69. The Balaban J connectivity index is 1.80. The number of fused-ring (bicyclic) bond motifs is 1. The predicted octanol–water partition coefficient (Wildman–Crippen LogP) is 3.50. The molecule has 4 heteroatoms. The van der Waals surface area contributed by atoms with Gasteiger partial charge in [-0.1, -0.05) is 36.4 Å². The number of pyridine rings is 1. The molecule has 25 heavy (non-hydrogen) atoms. The van der Waals surface area contributed by atoms with Crippen LogP contribution in [0.1, 0.15) is 28.4 Å². The van der Waals surface area contributed by atoms with E-state index in [1.54, 1.807) is 17.9 Å². The number of benzene rings is 1. The van der Waals surface area contributed by atoms with Crippen LogP contribution in [0, 0.1) is 6.92 Å². The van der Waals surface area contributed by atoms with Crippen LogP contribution in [0.2, 0.25) is 0 Å². The minimum absolute atomic E-state index is 0.0329. The van der Waals surface area contributed by atoms with Crippen LogP contribution in [-0.4, -0.2) is 14.5 Å². The van der Waals surface area contributed by atoms with E-state index in [2.05, 4.69) is 28.2 Å². The summed E-state index contributed by atoms with van der Waals surface area (Å²) >= 11 is 0. The zero-order valence-electron chi connectivity index (χ0n) is 14.3. The van der Waals surface area contributed by atoms with Gasteiger partial charge >= 0.3 is 0 Å². The van der Waals surface area contributed by atoms with Crippen LogP contribution in [0.25, 0.3) is 17.3 Å². The molecule has 124 valence electrons. The monoisotopic (exact) mass is 329 g/mol. The number of rotatable bonds is 2. The number of allylic oxidation sites excluding steroid dienone is 1. The van der Waals surface area contributed by atoms with Gasteiger partial charge in [-0.05, 0) is 37.1 Å². The molecule has 0 saturated heterocycles. The van der Waals surface area contributed by atoms with Crippen LogP contribution < -0.4 is 5.56 Å². The molecule has 1 aliphatic rings. The van der Waals surface area contributed by atoms with E-state index < -0.39 is 0 Å². The van der Waals surface area contributed by atoms with Crippen molar-refractivity contribution in [1.29, 1.82) is 0 Å². The number of hydrogen-bond donors (Lipinski definition) is 0. The molecule has 1 aromatic carbocycles. The number of aryl methyl sites for hydroxylation is 2. The lowest BCUT2D eigenvalue weighted by atomic mass is 9.84. The van der Waals surface area contributed by atoms with Crippen molar-refractivity contribution < 1.29 is 0 Å². The maximum Gasteiger partial charge on any atom is 0.256 e. The predicted molar refractivity (Wildman–Crippen MR) is 99.4 cm³/mol. The highest BCUT2D eigenvalue weighted by Crippen LogP contribution is 2.33. The summed E-state index contributed by atoms with van der Waals surface area (Å²) < 4.78 is 1.54. The summed E-state index contributed by atoms with van der Waals surface area (Å²) in [6, 6.07) is 14.4. The summed E-state index contributed by atoms with van der Waals surface area (Å²) in [5.41, 5.74) is 5.86. The summed E-state index contributed by atoms with van der Waals surface area (Å²) in [5.74, 6) is 0.142. The molecule has 4 rings (SSSR count). The Labute approximate surface area is 146 Å². The Morgan fingerprint density at radius 2 is 1.96 bits per heavy atom. The first kappa shape index (κ1) is 15.5. The van der Waals surface area contributed by atoms with Crippen molar-refractivity contribution in [2.24, 2.45) is 7.05 Å². The van der Waals surface area contributed by atoms with Gasteiger partial charge in [0.1, 0.15) is 0 Å². The Bertz CT molecular complexity index is 1030. The fraction of sp³-hybridized carbons (Fsp3) is 0.190. The van der Waals surface area contributed by atoms with Gasteiger partial charge in [0.15, 0.2) is 0 Å². The Morgan fingerprint density at radius 3 is 2.80 bits per heavy atom. The molecule has 0 amide bonds. The van der Waals surface area contributed by atoms with Crippen molar-refractivity contribution in [2.45, 2.75) is 19.3 Å². The maximum absolute atomic E-state index is 12.5. The van der Waals surface area contributed by atoms with E-state index in [4.69, 9.17) is 0 Å². The van der Waals surface area contributed by atoms with E-state index in [9.17, 15) is 4.79 Å². The average molecular weight is 329 g/mol. The molecule has 0 fully saturated rings. The molecule has 0 aliphatic heterocycles. The normalized spacial score (nSPS) is 15.8. The third kappa shape index (κ3) is 2.80. The number of aromatic nitrogens is 3. The van der Waals surface area contributed by atoms with E-state index >= 15 is 0 Å². The van der Waals surface area contributed by atoms with Crippen LogP contribution >= 0.6 is 0 Å². The Hall–Kier alpha value is -3.01. The average Bonchev–Trinajstić information content (AvgIpc) is 2.65. The minimum Gasteiger partial charge on any atom is -0.302 e.